The lowest BCUT2D eigenvalue weighted by Gasteiger charge is -2.40. The summed E-state index contributed by atoms with van der Waals surface area (Å²) in [6, 6.07) is 11.2. The standard InChI is InChI=1S/C23H21ClFN3O2S/c1-13-18(4-3-5-19(13)24)22(29)26-12-17-10-11-28(17)23(30)20-21(31-14(2)27-20)15-6-8-16(25)9-7-15/h3-9,17H,10-12H2,1-2H3,(H,26,29). The zero-order valence-corrected chi connectivity index (χ0v) is 18.7. The largest absolute Gasteiger partial charge is 0.350 e. The van der Waals surface area contributed by atoms with Crippen LogP contribution < -0.4 is 5.32 Å². The molecule has 5 nitrogen and oxygen atoms in total. The summed E-state index contributed by atoms with van der Waals surface area (Å²) in [6.45, 7) is 4.61. The normalized spacial score (nSPS) is 15.5. The molecule has 0 saturated carbocycles. The van der Waals surface area contributed by atoms with E-state index >= 15 is 0 Å². The van der Waals surface area contributed by atoms with Crippen molar-refractivity contribution in [3.63, 3.8) is 0 Å². The molecule has 1 unspecified atom stereocenters. The van der Waals surface area contributed by atoms with Gasteiger partial charge in [-0.15, -0.1) is 11.3 Å². The fourth-order valence-electron chi connectivity index (χ4n) is 3.58. The van der Waals surface area contributed by atoms with E-state index in [1.165, 1.54) is 23.5 Å². The van der Waals surface area contributed by atoms with Gasteiger partial charge in [-0.2, -0.15) is 0 Å². The lowest BCUT2D eigenvalue weighted by molar-refractivity contribution is 0.0451. The highest BCUT2D eigenvalue weighted by Gasteiger charge is 2.35. The van der Waals surface area contributed by atoms with Crippen LogP contribution in [0.4, 0.5) is 4.39 Å². The number of hydrogen-bond acceptors (Lipinski definition) is 4. The molecule has 0 aliphatic carbocycles. The van der Waals surface area contributed by atoms with E-state index in [4.69, 9.17) is 11.6 Å². The number of rotatable bonds is 5. The fourth-order valence-corrected chi connectivity index (χ4v) is 4.67. The van der Waals surface area contributed by atoms with Crippen LogP contribution in [0.3, 0.4) is 0 Å². The molecule has 1 fully saturated rings. The maximum Gasteiger partial charge on any atom is 0.274 e. The Morgan fingerprint density at radius 1 is 1.23 bits per heavy atom. The number of nitrogens with zero attached hydrogens (tertiary/aromatic N) is 2. The van der Waals surface area contributed by atoms with E-state index in [2.05, 4.69) is 10.3 Å². The molecular formula is C23H21ClFN3O2S. The van der Waals surface area contributed by atoms with Crippen LogP contribution in [0.25, 0.3) is 10.4 Å². The second-order valence-electron chi connectivity index (χ2n) is 7.48. The molecule has 1 atom stereocenters. The van der Waals surface area contributed by atoms with E-state index in [0.29, 0.717) is 29.4 Å². The van der Waals surface area contributed by atoms with E-state index in [9.17, 15) is 14.0 Å². The van der Waals surface area contributed by atoms with Crippen molar-refractivity contribution in [1.82, 2.24) is 15.2 Å². The molecule has 0 bridgehead atoms. The van der Waals surface area contributed by atoms with Crippen LogP contribution in [0.2, 0.25) is 5.02 Å². The quantitative estimate of drug-likeness (QED) is 0.595. The van der Waals surface area contributed by atoms with Gasteiger partial charge in [0.05, 0.1) is 15.9 Å². The van der Waals surface area contributed by atoms with Crippen LogP contribution in [0.15, 0.2) is 42.5 Å². The monoisotopic (exact) mass is 457 g/mol. The number of amides is 2. The van der Waals surface area contributed by atoms with Crippen LogP contribution >= 0.6 is 22.9 Å². The molecule has 8 heteroatoms. The third kappa shape index (κ3) is 4.34. The molecule has 1 aromatic heterocycles. The third-order valence-corrected chi connectivity index (χ3v) is 6.89. The van der Waals surface area contributed by atoms with Crippen LogP contribution in [-0.4, -0.2) is 40.8 Å². The number of aromatic nitrogens is 1. The van der Waals surface area contributed by atoms with Gasteiger partial charge in [0.25, 0.3) is 11.8 Å². The molecule has 2 heterocycles. The predicted molar refractivity (Wildman–Crippen MR) is 120 cm³/mol. The highest BCUT2D eigenvalue weighted by atomic mass is 35.5. The van der Waals surface area contributed by atoms with Crippen molar-refractivity contribution in [1.29, 1.82) is 0 Å². The molecule has 2 amide bonds. The minimum atomic E-state index is -0.327. The van der Waals surface area contributed by atoms with Gasteiger partial charge in [-0.3, -0.25) is 9.59 Å². The van der Waals surface area contributed by atoms with Crippen molar-refractivity contribution in [2.24, 2.45) is 0 Å². The Hall–Kier alpha value is -2.77. The molecule has 1 N–H and O–H groups in total. The van der Waals surface area contributed by atoms with Crippen molar-refractivity contribution in [2.75, 3.05) is 13.1 Å². The van der Waals surface area contributed by atoms with Crippen molar-refractivity contribution >= 4 is 34.8 Å². The fraction of sp³-hybridized carbons (Fsp3) is 0.261. The Balaban J connectivity index is 1.46. The maximum absolute atomic E-state index is 13.3. The zero-order valence-electron chi connectivity index (χ0n) is 17.1. The summed E-state index contributed by atoms with van der Waals surface area (Å²) in [4.78, 5) is 32.7. The summed E-state index contributed by atoms with van der Waals surface area (Å²) >= 11 is 7.52. The number of aryl methyl sites for hydroxylation is 1. The average molecular weight is 458 g/mol. The summed E-state index contributed by atoms with van der Waals surface area (Å²) in [6.07, 6.45) is 0.801. The summed E-state index contributed by atoms with van der Waals surface area (Å²) in [5.41, 5.74) is 2.39. The third-order valence-electron chi connectivity index (χ3n) is 5.46. The summed E-state index contributed by atoms with van der Waals surface area (Å²) in [7, 11) is 0. The van der Waals surface area contributed by atoms with Gasteiger partial charge in [0.1, 0.15) is 11.5 Å². The first-order valence-electron chi connectivity index (χ1n) is 9.93. The van der Waals surface area contributed by atoms with Gasteiger partial charge in [-0.05, 0) is 55.7 Å². The molecule has 2 aromatic carbocycles. The van der Waals surface area contributed by atoms with Crippen LogP contribution in [0.1, 0.15) is 37.8 Å². The van der Waals surface area contributed by atoms with Crippen molar-refractivity contribution in [3.8, 4) is 10.4 Å². The van der Waals surface area contributed by atoms with E-state index in [0.717, 1.165) is 27.4 Å². The van der Waals surface area contributed by atoms with Gasteiger partial charge in [-0.1, -0.05) is 29.8 Å². The van der Waals surface area contributed by atoms with E-state index < -0.39 is 0 Å². The van der Waals surface area contributed by atoms with Crippen molar-refractivity contribution in [2.45, 2.75) is 26.3 Å². The molecular weight excluding hydrogens is 437 g/mol. The number of likely N-dealkylation sites (tertiary alicyclic amines) is 1. The number of nitrogens with one attached hydrogen (secondary N) is 1. The zero-order chi connectivity index (χ0) is 22.1. The molecule has 31 heavy (non-hydrogen) atoms. The van der Waals surface area contributed by atoms with Gasteiger partial charge in [0.15, 0.2) is 0 Å². The number of hydrogen-bond donors (Lipinski definition) is 1. The number of carbonyl (C=O) groups is 2. The lowest BCUT2D eigenvalue weighted by atomic mass is 10.0. The summed E-state index contributed by atoms with van der Waals surface area (Å²) < 4.78 is 13.3. The van der Waals surface area contributed by atoms with Crippen LogP contribution in [0.5, 0.6) is 0 Å². The number of benzene rings is 2. The van der Waals surface area contributed by atoms with Crippen LogP contribution in [0, 0.1) is 19.7 Å². The van der Waals surface area contributed by atoms with Gasteiger partial charge in [-0.25, -0.2) is 9.37 Å². The Morgan fingerprint density at radius 3 is 2.65 bits per heavy atom. The van der Waals surface area contributed by atoms with Gasteiger partial charge in [0.2, 0.25) is 0 Å². The van der Waals surface area contributed by atoms with Crippen molar-refractivity contribution < 1.29 is 14.0 Å². The average Bonchev–Trinajstić information content (AvgIpc) is 3.11. The maximum atomic E-state index is 13.3. The van der Waals surface area contributed by atoms with Gasteiger partial charge >= 0.3 is 0 Å². The Kier molecular flexibility index (Phi) is 6.07. The van der Waals surface area contributed by atoms with E-state index in [1.54, 1.807) is 42.2 Å². The second kappa shape index (κ2) is 8.77. The van der Waals surface area contributed by atoms with Gasteiger partial charge < -0.3 is 10.2 Å². The molecule has 160 valence electrons. The highest BCUT2D eigenvalue weighted by Crippen LogP contribution is 2.33. The molecule has 1 aliphatic rings. The molecule has 1 saturated heterocycles. The first-order chi connectivity index (χ1) is 14.8. The number of halogens is 2. The molecule has 3 aromatic rings. The number of thiazole rings is 1. The lowest BCUT2D eigenvalue weighted by Crippen LogP contribution is -2.56. The van der Waals surface area contributed by atoms with E-state index in [-0.39, 0.29) is 23.7 Å². The van der Waals surface area contributed by atoms with Crippen LogP contribution in [-0.2, 0) is 0 Å². The summed E-state index contributed by atoms with van der Waals surface area (Å²) in [5.74, 6) is -0.713. The SMILES string of the molecule is Cc1nc(C(=O)N2CCC2CNC(=O)c2cccc(Cl)c2C)c(-c2ccc(F)cc2)s1. The Bertz CT molecular complexity index is 1150. The minimum absolute atomic E-state index is 0.0981. The molecule has 0 spiro atoms. The topological polar surface area (TPSA) is 62.3 Å². The predicted octanol–water partition coefficient (Wildman–Crippen LogP) is 4.86. The highest BCUT2D eigenvalue weighted by molar-refractivity contribution is 7.15. The summed E-state index contributed by atoms with van der Waals surface area (Å²) in [5, 5.41) is 4.22. The Labute approximate surface area is 188 Å². The van der Waals surface area contributed by atoms with Crippen molar-refractivity contribution in [3.05, 3.63) is 75.1 Å². The second-order valence-corrected chi connectivity index (χ2v) is 9.09. The molecule has 4 rings (SSSR count). The minimum Gasteiger partial charge on any atom is -0.350 e. The van der Waals surface area contributed by atoms with Gasteiger partial charge in [0, 0.05) is 23.7 Å². The Morgan fingerprint density at radius 2 is 1.97 bits per heavy atom. The number of carbonyl (C=O) groups excluding carboxylic acids is 2. The van der Waals surface area contributed by atoms with E-state index in [1.807, 2.05) is 6.92 Å². The molecule has 0 radical (unpaired) electrons. The molecule has 1 aliphatic heterocycles. The smallest absolute Gasteiger partial charge is 0.274 e. The first kappa shape index (κ1) is 21.5. The first-order valence-corrected chi connectivity index (χ1v) is 11.1.